The van der Waals surface area contributed by atoms with Crippen molar-refractivity contribution < 1.29 is 4.79 Å². The van der Waals surface area contributed by atoms with Crippen LogP contribution in [-0.2, 0) is 4.79 Å². The van der Waals surface area contributed by atoms with Crippen LogP contribution in [0.4, 0.5) is 5.82 Å². The second kappa shape index (κ2) is 7.36. The van der Waals surface area contributed by atoms with Crippen LogP contribution >= 0.6 is 35.0 Å². The number of pyridine rings is 1. The quantitative estimate of drug-likeness (QED) is 0.774. The number of rotatable bonds is 4. The van der Waals surface area contributed by atoms with Gasteiger partial charge in [0.25, 0.3) is 0 Å². The lowest BCUT2D eigenvalue weighted by molar-refractivity contribution is -0.115. The maximum absolute atomic E-state index is 12.3. The summed E-state index contributed by atoms with van der Waals surface area (Å²) in [6.45, 7) is 5.94. The summed E-state index contributed by atoms with van der Waals surface area (Å²) in [7, 11) is 0. The van der Waals surface area contributed by atoms with Gasteiger partial charge in [-0.15, -0.1) is 11.8 Å². The number of carbonyl (C=O) groups is 1. The molecule has 0 radical (unpaired) electrons. The van der Waals surface area contributed by atoms with E-state index in [1.54, 1.807) is 6.07 Å². The van der Waals surface area contributed by atoms with Crippen molar-refractivity contribution >= 4 is 46.7 Å². The van der Waals surface area contributed by atoms with E-state index in [0.717, 1.165) is 10.5 Å². The number of nitrogens with one attached hydrogen (secondary N) is 1. The summed E-state index contributed by atoms with van der Waals surface area (Å²) in [4.78, 5) is 17.4. The van der Waals surface area contributed by atoms with Crippen LogP contribution in [0.25, 0.3) is 0 Å². The average molecular weight is 355 g/mol. The van der Waals surface area contributed by atoms with E-state index in [2.05, 4.69) is 16.4 Å². The van der Waals surface area contributed by atoms with E-state index in [1.165, 1.54) is 23.5 Å². The standard InChI is InChI=1S/C16H16Cl2N2OS/c1-9-4-5-14(10(2)6-9)22-11(3)16(21)20-15-13(18)7-12(17)8-19-15/h4-8,11H,1-3H3,(H,19,20,21)/t11-/m1/s1. The van der Waals surface area contributed by atoms with Crippen molar-refractivity contribution in [1.29, 1.82) is 0 Å². The molecule has 0 unspecified atom stereocenters. The molecular weight excluding hydrogens is 339 g/mol. The summed E-state index contributed by atoms with van der Waals surface area (Å²) in [5.74, 6) is 0.172. The van der Waals surface area contributed by atoms with E-state index in [1.807, 2.05) is 32.9 Å². The molecule has 1 aromatic heterocycles. The first kappa shape index (κ1) is 17.1. The molecule has 1 heterocycles. The number of amides is 1. The molecule has 1 atom stereocenters. The molecular formula is C16H16Cl2N2OS. The van der Waals surface area contributed by atoms with Gasteiger partial charge in [-0.25, -0.2) is 4.98 Å². The SMILES string of the molecule is Cc1ccc(S[C@H](C)C(=O)Nc2ncc(Cl)cc2Cl)c(C)c1. The van der Waals surface area contributed by atoms with Gasteiger partial charge in [-0.2, -0.15) is 0 Å². The van der Waals surface area contributed by atoms with E-state index in [9.17, 15) is 4.79 Å². The topological polar surface area (TPSA) is 42.0 Å². The molecule has 0 aliphatic carbocycles. The fourth-order valence-corrected chi connectivity index (χ4v) is 3.27. The number of aryl methyl sites for hydroxylation is 2. The number of aromatic nitrogens is 1. The second-order valence-electron chi connectivity index (χ2n) is 5.00. The van der Waals surface area contributed by atoms with Gasteiger partial charge < -0.3 is 5.32 Å². The van der Waals surface area contributed by atoms with Crippen molar-refractivity contribution in [3.05, 3.63) is 51.6 Å². The van der Waals surface area contributed by atoms with E-state index in [-0.39, 0.29) is 11.2 Å². The Morgan fingerprint density at radius 2 is 2.00 bits per heavy atom. The number of anilines is 1. The van der Waals surface area contributed by atoms with Crippen LogP contribution in [0.1, 0.15) is 18.1 Å². The summed E-state index contributed by atoms with van der Waals surface area (Å²) in [6.07, 6.45) is 1.45. The number of hydrogen-bond acceptors (Lipinski definition) is 3. The first-order valence-corrected chi connectivity index (χ1v) is 8.36. The zero-order valence-electron chi connectivity index (χ0n) is 12.5. The Bertz CT molecular complexity index is 707. The van der Waals surface area contributed by atoms with E-state index < -0.39 is 0 Å². The van der Waals surface area contributed by atoms with Crippen LogP contribution in [0, 0.1) is 13.8 Å². The van der Waals surface area contributed by atoms with Crippen molar-refractivity contribution in [2.24, 2.45) is 0 Å². The first-order chi connectivity index (χ1) is 10.4. The van der Waals surface area contributed by atoms with Crippen molar-refractivity contribution in [1.82, 2.24) is 4.98 Å². The second-order valence-corrected chi connectivity index (χ2v) is 7.23. The van der Waals surface area contributed by atoms with Crippen molar-refractivity contribution in [3.8, 4) is 0 Å². The largest absolute Gasteiger partial charge is 0.308 e. The third-order valence-electron chi connectivity index (χ3n) is 3.05. The molecule has 116 valence electrons. The number of carbonyl (C=O) groups excluding carboxylic acids is 1. The molecule has 3 nitrogen and oxygen atoms in total. The molecule has 0 bridgehead atoms. The van der Waals surface area contributed by atoms with Crippen LogP contribution in [0.2, 0.25) is 10.0 Å². The summed E-state index contributed by atoms with van der Waals surface area (Å²) in [5, 5.41) is 3.21. The van der Waals surface area contributed by atoms with E-state index in [4.69, 9.17) is 23.2 Å². The van der Waals surface area contributed by atoms with Crippen molar-refractivity contribution in [2.75, 3.05) is 5.32 Å². The molecule has 0 aliphatic heterocycles. The highest BCUT2D eigenvalue weighted by molar-refractivity contribution is 8.00. The molecule has 6 heteroatoms. The van der Waals surface area contributed by atoms with Crippen LogP contribution in [0.5, 0.6) is 0 Å². The van der Waals surface area contributed by atoms with Gasteiger partial charge in [0, 0.05) is 11.1 Å². The Kier molecular flexibility index (Phi) is 5.73. The van der Waals surface area contributed by atoms with Crippen LogP contribution in [-0.4, -0.2) is 16.1 Å². The van der Waals surface area contributed by atoms with Gasteiger partial charge >= 0.3 is 0 Å². The third kappa shape index (κ3) is 4.38. The summed E-state index contributed by atoms with van der Waals surface area (Å²) < 4.78 is 0. The van der Waals surface area contributed by atoms with Crippen molar-refractivity contribution in [2.45, 2.75) is 30.9 Å². The molecule has 1 amide bonds. The first-order valence-electron chi connectivity index (χ1n) is 6.72. The number of thioether (sulfide) groups is 1. The van der Waals surface area contributed by atoms with Crippen LogP contribution < -0.4 is 5.32 Å². The minimum absolute atomic E-state index is 0.151. The highest BCUT2D eigenvalue weighted by Crippen LogP contribution is 2.29. The monoisotopic (exact) mass is 354 g/mol. The normalized spacial score (nSPS) is 12.0. The number of hydrogen-bond donors (Lipinski definition) is 1. The number of benzene rings is 1. The molecule has 2 rings (SSSR count). The molecule has 0 spiro atoms. The zero-order chi connectivity index (χ0) is 16.3. The fraction of sp³-hybridized carbons (Fsp3) is 0.250. The highest BCUT2D eigenvalue weighted by Gasteiger charge is 2.17. The minimum Gasteiger partial charge on any atom is -0.308 e. The Labute approximate surface area is 144 Å². The number of halogens is 2. The van der Waals surface area contributed by atoms with E-state index >= 15 is 0 Å². The lowest BCUT2D eigenvalue weighted by atomic mass is 10.2. The Hall–Kier alpha value is -1.23. The van der Waals surface area contributed by atoms with E-state index in [0.29, 0.717) is 15.9 Å². The minimum atomic E-state index is -0.269. The molecule has 22 heavy (non-hydrogen) atoms. The Morgan fingerprint density at radius 1 is 1.27 bits per heavy atom. The lowest BCUT2D eigenvalue weighted by Crippen LogP contribution is -2.23. The average Bonchev–Trinajstić information content (AvgIpc) is 2.44. The molecule has 1 aromatic carbocycles. The van der Waals surface area contributed by atoms with Crippen LogP contribution in [0.15, 0.2) is 35.4 Å². The van der Waals surface area contributed by atoms with Crippen LogP contribution in [0.3, 0.4) is 0 Å². The fourth-order valence-electron chi connectivity index (χ4n) is 1.90. The molecule has 0 saturated heterocycles. The molecule has 1 N–H and O–H groups in total. The van der Waals surface area contributed by atoms with Gasteiger partial charge in [0.05, 0.1) is 15.3 Å². The molecule has 0 aliphatic rings. The highest BCUT2D eigenvalue weighted by atomic mass is 35.5. The summed E-state index contributed by atoms with van der Waals surface area (Å²) >= 11 is 13.3. The summed E-state index contributed by atoms with van der Waals surface area (Å²) in [6, 6.07) is 7.72. The zero-order valence-corrected chi connectivity index (χ0v) is 14.8. The lowest BCUT2D eigenvalue weighted by Gasteiger charge is -2.14. The Morgan fingerprint density at radius 3 is 2.64 bits per heavy atom. The van der Waals surface area contributed by atoms with Crippen molar-refractivity contribution in [3.63, 3.8) is 0 Å². The molecule has 0 fully saturated rings. The van der Waals surface area contributed by atoms with Gasteiger partial charge in [0.2, 0.25) is 5.91 Å². The maximum atomic E-state index is 12.3. The predicted octanol–water partition coefficient (Wildman–Crippen LogP) is 5.12. The molecule has 2 aromatic rings. The predicted molar refractivity (Wildman–Crippen MR) is 94.1 cm³/mol. The Balaban J connectivity index is 2.05. The van der Waals surface area contributed by atoms with Gasteiger partial charge in [-0.3, -0.25) is 4.79 Å². The smallest absolute Gasteiger partial charge is 0.238 e. The number of nitrogens with zero attached hydrogens (tertiary/aromatic N) is 1. The van der Waals surface area contributed by atoms with Gasteiger partial charge in [-0.05, 0) is 38.5 Å². The maximum Gasteiger partial charge on any atom is 0.238 e. The molecule has 0 saturated carbocycles. The third-order valence-corrected chi connectivity index (χ3v) is 4.83. The van der Waals surface area contributed by atoms with Gasteiger partial charge in [-0.1, -0.05) is 40.9 Å². The van der Waals surface area contributed by atoms with Gasteiger partial charge in [0.15, 0.2) is 5.82 Å². The summed E-state index contributed by atoms with van der Waals surface area (Å²) in [5.41, 5.74) is 2.36. The van der Waals surface area contributed by atoms with Gasteiger partial charge in [0.1, 0.15) is 0 Å².